The van der Waals surface area contributed by atoms with E-state index in [9.17, 15) is 4.79 Å². The van der Waals surface area contributed by atoms with Crippen molar-refractivity contribution in [3.05, 3.63) is 0 Å². The summed E-state index contributed by atoms with van der Waals surface area (Å²) in [6.45, 7) is 2.17. The lowest BCUT2D eigenvalue weighted by Gasteiger charge is -1.91. The standard InChI is InChI=1S/C8H14O2/c1-2-3-4-5-7-8(6-9)10-7/h6-8H,2-5H2,1H3/t7?,8-/m0/s1. The molecule has 1 rings (SSSR count). The Bertz CT molecular complexity index is 112. The minimum absolute atomic E-state index is 0.0585. The minimum Gasteiger partial charge on any atom is -0.362 e. The van der Waals surface area contributed by atoms with Crippen LogP contribution in [0.5, 0.6) is 0 Å². The molecular weight excluding hydrogens is 128 g/mol. The van der Waals surface area contributed by atoms with Gasteiger partial charge in [0.2, 0.25) is 0 Å². The third-order valence-electron chi connectivity index (χ3n) is 1.85. The second-order valence-corrected chi connectivity index (χ2v) is 2.77. The smallest absolute Gasteiger partial charge is 0.151 e. The molecule has 0 amide bonds. The Morgan fingerprint density at radius 3 is 2.80 bits per heavy atom. The Hall–Kier alpha value is -0.370. The first kappa shape index (κ1) is 7.73. The van der Waals surface area contributed by atoms with Crippen molar-refractivity contribution in [2.75, 3.05) is 0 Å². The second kappa shape index (κ2) is 3.71. The Morgan fingerprint density at radius 1 is 1.50 bits per heavy atom. The summed E-state index contributed by atoms with van der Waals surface area (Å²) in [6, 6.07) is 0. The van der Waals surface area contributed by atoms with E-state index in [1.165, 1.54) is 19.3 Å². The zero-order valence-electron chi connectivity index (χ0n) is 6.38. The highest BCUT2D eigenvalue weighted by Crippen LogP contribution is 2.25. The van der Waals surface area contributed by atoms with Crippen LogP contribution in [0.25, 0.3) is 0 Å². The number of carbonyl (C=O) groups excluding carboxylic acids is 1. The van der Waals surface area contributed by atoms with E-state index in [1.807, 2.05) is 0 Å². The van der Waals surface area contributed by atoms with Crippen molar-refractivity contribution in [2.45, 2.75) is 44.8 Å². The highest BCUT2D eigenvalue weighted by Gasteiger charge is 2.37. The van der Waals surface area contributed by atoms with Crippen LogP contribution >= 0.6 is 0 Å². The SMILES string of the molecule is CCCCCC1O[C@H]1C=O. The summed E-state index contributed by atoms with van der Waals surface area (Å²) in [7, 11) is 0. The molecule has 2 nitrogen and oxygen atoms in total. The van der Waals surface area contributed by atoms with Gasteiger partial charge >= 0.3 is 0 Å². The van der Waals surface area contributed by atoms with E-state index < -0.39 is 0 Å². The van der Waals surface area contributed by atoms with E-state index in [2.05, 4.69) is 6.92 Å². The lowest BCUT2D eigenvalue weighted by Crippen LogP contribution is -1.93. The Morgan fingerprint density at radius 2 is 2.30 bits per heavy atom. The van der Waals surface area contributed by atoms with Crippen molar-refractivity contribution in [1.29, 1.82) is 0 Å². The fourth-order valence-electron chi connectivity index (χ4n) is 1.10. The molecule has 0 saturated carbocycles. The maximum Gasteiger partial charge on any atom is 0.151 e. The average molecular weight is 142 g/mol. The average Bonchev–Trinajstić information content (AvgIpc) is 2.68. The first-order valence-electron chi connectivity index (χ1n) is 3.99. The summed E-state index contributed by atoms with van der Waals surface area (Å²) >= 11 is 0. The number of carbonyl (C=O) groups is 1. The second-order valence-electron chi connectivity index (χ2n) is 2.77. The molecule has 0 N–H and O–H groups in total. The molecule has 58 valence electrons. The number of rotatable bonds is 5. The van der Waals surface area contributed by atoms with Gasteiger partial charge in [-0.1, -0.05) is 26.2 Å². The number of aldehydes is 1. The van der Waals surface area contributed by atoms with Crippen LogP contribution in [0.15, 0.2) is 0 Å². The van der Waals surface area contributed by atoms with Gasteiger partial charge in [0, 0.05) is 0 Å². The summed E-state index contributed by atoms with van der Waals surface area (Å²) in [4.78, 5) is 10.1. The Balaban J connectivity index is 1.91. The molecule has 0 aromatic heterocycles. The van der Waals surface area contributed by atoms with Gasteiger partial charge in [0.15, 0.2) is 6.29 Å². The number of unbranched alkanes of at least 4 members (excludes halogenated alkanes) is 2. The van der Waals surface area contributed by atoms with E-state index in [0.29, 0.717) is 0 Å². The Kier molecular flexibility index (Phi) is 2.87. The molecule has 2 atom stereocenters. The molecule has 0 aromatic carbocycles. The molecule has 1 fully saturated rings. The van der Waals surface area contributed by atoms with Crippen molar-refractivity contribution < 1.29 is 9.53 Å². The van der Waals surface area contributed by atoms with E-state index in [0.717, 1.165) is 12.7 Å². The molecule has 0 aromatic rings. The zero-order valence-corrected chi connectivity index (χ0v) is 6.38. The van der Waals surface area contributed by atoms with Gasteiger partial charge in [0.05, 0.1) is 6.10 Å². The molecule has 0 radical (unpaired) electrons. The number of ether oxygens (including phenoxy) is 1. The zero-order chi connectivity index (χ0) is 7.40. The van der Waals surface area contributed by atoms with Crippen LogP contribution in [0.4, 0.5) is 0 Å². The molecule has 1 aliphatic heterocycles. The largest absolute Gasteiger partial charge is 0.362 e. The molecule has 1 saturated heterocycles. The summed E-state index contributed by atoms with van der Waals surface area (Å²) < 4.78 is 5.04. The van der Waals surface area contributed by atoms with Crippen LogP contribution in [-0.4, -0.2) is 18.5 Å². The van der Waals surface area contributed by atoms with Gasteiger partial charge in [0.1, 0.15) is 6.10 Å². The molecule has 1 heterocycles. The van der Waals surface area contributed by atoms with Crippen molar-refractivity contribution >= 4 is 6.29 Å². The topological polar surface area (TPSA) is 29.6 Å². The normalized spacial score (nSPS) is 30.1. The molecule has 1 unspecified atom stereocenters. The molecule has 0 aliphatic carbocycles. The van der Waals surface area contributed by atoms with E-state index in [-0.39, 0.29) is 12.2 Å². The fraction of sp³-hybridized carbons (Fsp3) is 0.875. The van der Waals surface area contributed by atoms with Crippen LogP contribution in [0.2, 0.25) is 0 Å². The van der Waals surface area contributed by atoms with Crippen LogP contribution in [0.3, 0.4) is 0 Å². The molecule has 0 bridgehead atoms. The summed E-state index contributed by atoms with van der Waals surface area (Å²) in [5.41, 5.74) is 0. The maximum atomic E-state index is 10.1. The van der Waals surface area contributed by atoms with Crippen LogP contribution in [0, 0.1) is 0 Å². The molecule has 10 heavy (non-hydrogen) atoms. The van der Waals surface area contributed by atoms with Crippen LogP contribution in [0.1, 0.15) is 32.6 Å². The van der Waals surface area contributed by atoms with E-state index in [4.69, 9.17) is 4.74 Å². The lowest BCUT2D eigenvalue weighted by atomic mass is 10.1. The van der Waals surface area contributed by atoms with E-state index >= 15 is 0 Å². The monoisotopic (exact) mass is 142 g/mol. The first-order chi connectivity index (χ1) is 4.88. The molecular formula is C8H14O2. The first-order valence-corrected chi connectivity index (χ1v) is 3.99. The fourth-order valence-corrected chi connectivity index (χ4v) is 1.10. The quantitative estimate of drug-likeness (QED) is 0.331. The van der Waals surface area contributed by atoms with Crippen LogP contribution in [-0.2, 0) is 9.53 Å². The maximum absolute atomic E-state index is 10.1. The van der Waals surface area contributed by atoms with Crippen LogP contribution < -0.4 is 0 Å². The van der Waals surface area contributed by atoms with Gasteiger partial charge in [-0.15, -0.1) is 0 Å². The summed E-state index contributed by atoms with van der Waals surface area (Å²) in [6.07, 6.45) is 5.87. The molecule has 2 heteroatoms. The van der Waals surface area contributed by atoms with Gasteiger partial charge in [-0.2, -0.15) is 0 Å². The summed E-state index contributed by atoms with van der Waals surface area (Å²) in [5, 5.41) is 0. The highest BCUT2D eigenvalue weighted by atomic mass is 16.6. The summed E-state index contributed by atoms with van der Waals surface area (Å²) in [5.74, 6) is 0. The van der Waals surface area contributed by atoms with E-state index in [1.54, 1.807) is 0 Å². The number of epoxide rings is 1. The number of hydrogen-bond acceptors (Lipinski definition) is 2. The highest BCUT2D eigenvalue weighted by molar-refractivity contribution is 5.60. The van der Waals surface area contributed by atoms with Gasteiger partial charge in [0.25, 0.3) is 0 Å². The van der Waals surface area contributed by atoms with Crippen molar-refractivity contribution in [2.24, 2.45) is 0 Å². The third-order valence-corrected chi connectivity index (χ3v) is 1.85. The van der Waals surface area contributed by atoms with Gasteiger partial charge in [-0.05, 0) is 6.42 Å². The van der Waals surface area contributed by atoms with Gasteiger partial charge in [-0.3, -0.25) is 0 Å². The number of hydrogen-bond donors (Lipinski definition) is 0. The molecule has 0 spiro atoms. The van der Waals surface area contributed by atoms with Crippen molar-refractivity contribution in [1.82, 2.24) is 0 Å². The third kappa shape index (κ3) is 2.10. The van der Waals surface area contributed by atoms with Crippen molar-refractivity contribution in [3.8, 4) is 0 Å². The van der Waals surface area contributed by atoms with Gasteiger partial charge in [-0.25, -0.2) is 0 Å². The molecule has 1 aliphatic rings. The minimum atomic E-state index is -0.0585. The Labute approximate surface area is 61.6 Å². The van der Waals surface area contributed by atoms with Gasteiger partial charge < -0.3 is 9.53 Å². The lowest BCUT2D eigenvalue weighted by molar-refractivity contribution is -0.108. The van der Waals surface area contributed by atoms with Crippen molar-refractivity contribution in [3.63, 3.8) is 0 Å². The predicted octanol–water partition coefficient (Wildman–Crippen LogP) is 1.53. The predicted molar refractivity (Wildman–Crippen MR) is 38.9 cm³/mol.